The van der Waals surface area contributed by atoms with Crippen molar-refractivity contribution in [1.29, 1.82) is 0 Å². The van der Waals surface area contributed by atoms with Gasteiger partial charge in [0.1, 0.15) is 12.6 Å². The van der Waals surface area contributed by atoms with Gasteiger partial charge in [-0.25, -0.2) is 8.42 Å². The van der Waals surface area contributed by atoms with Crippen LogP contribution < -0.4 is 9.62 Å². The van der Waals surface area contributed by atoms with Crippen LogP contribution in [0.25, 0.3) is 0 Å². The van der Waals surface area contributed by atoms with E-state index in [4.69, 9.17) is 0 Å². The average molecular weight is 615 g/mol. The molecule has 39 heavy (non-hydrogen) atoms. The Hall–Kier alpha value is -3.17. The summed E-state index contributed by atoms with van der Waals surface area (Å²) in [7, 11) is -4.08. The summed E-state index contributed by atoms with van der Waals surface area (Å²) in [5.41, 5.74) is 2.31. The van der Waals surface area contributed by atoms with E-state index in [9.17, 15) is 18.0 Å². The minimum absolute atomic E-state index is 0.0902. The molecule has 0 heterocycles. The van der Waals surface area contributed by atoms with Crippen LogP contribution in [0, 0.1) is 6.92 Å². The minimum atomic E-state index is -4.08. The smallest absolute Gasteiger partial charge is 0.264 e. The topological polar surface area (TPSA) is 86.8 Å². The summed E-state index contributed by atoms with van der Waals surface area (Å²) in [4.78, 5) is 28.7. The Labute approximate surface area is 240 Å². The third-order valence-electron chi connectivity index (χ3n) is 6.42. The van der Waals surface area contributed by atoms with Crippen molar-refractivity contribution >= 4 is 43.5 Å². The van der Waals surface area contributed by atoms with Crippen LogP contribution in [-0.2, 0) is 26.0 Å². The second kappa shape index (κ2) is 14.3. The standard InChI is InChI=1S/C30H36BrN3O4S/c1-4-20-32-30(36)28(5-2)33(21-19-24-9-7-6-8-10-24)29(35)22-34(26-15-13-25(31)14-16-26)39(37,38)27-17-11-23(3)12-18-27/h6-18,28H,4-5,19-22H2,1-3H3,(H,32,36)/t28-/m0/s1. The van der Waals surface area contributed by atoms with E-state index in [1.807, 2.05) is 51.1 Å². The van der Waals surface area contributed by atoms with E-state index in [-0.39, 0.29) is 17.3 Å². The van der Waals surface area contributed by atoms with Gasteiger partial charge in [0, 0.05) is 17.6 Å². The maximum Gasteiger partial charge on any atom is 0.264 e. The van der Waals surface area contributed by atoms with Gasteiger partial charge in [-0.15, -0.1) is 0 Å². The van der Waals surface area contributed by atoms with Crippen molar-refractivity contribution in [1.82, 2.24) is 10.2 Å². The normalized spacial score (nSPS) is 12.0. The highest BCUT2D eigenvalue weighted by Crippen LogP contribution is 2.26. The number of benzene rings is 3. The van der Waals surface area contributed by atoms with Crippen LogP contribution in [0.4, 0.5) is 5.69 Å². The van der Waals surface area contributed by atoms with Crippen molar-refractivity contribution in [3.63, 3.8) is 0 Å². The van der Waals surface area contributed by atoms with E-state index in [2.05, 4.69) is 21.2 Å². The summed E-state index contributed by atoms with van der Waals surface area (Å²) >= 11 is 3.39. The van der Waals surface area contributed by atoms with E-state index < -0.39 is 28.5 Å². The number of nitrogens with zero attached hydrogens (tertiary/aromatic N) is 2. The zero-order valence-electron chi connectivity index (χ0n) is 22.6. The molecule has 0 aromatic heterocycles. The molecule has 9 heteroatoms. The van der Waals surface area contributed by atoms with Gasteiger partial charge in [0.2, 0.25) is 11.8 Å². The SMILES string of the molecule is CCCNC(=O)[C@H](CC)N(CCc1ccccc1)C(=O)CN(c1ccc(Br)cc1)S(=O)(=O)c1ccc(C)cc1. The third-order valence-corrected chi connectivity index (χ3v) is 8.74. The number of sulfonamides is 1. The van der Waals surface area contributed by atoms with E-state index >= 15 is 0 Å². The van der Waals surface area contributed by atoms with E-state index in [1.54, 1.807) is 48.5 Å². The molecule has 2 amide bonds. The van der Waals surface area contributed by atoms with Crippen LogP contribution in [0.15, 0.2) is 88.2 Å². The predicted octanol–water partition coefficient (Wildman–Crippen LogP) is 5.33. The first-order chi connectivity index (χ1) is 18.7. The molecule has 0 unspecified atom stereocenters. The molecule has 0 radical (unpaired) electrons. The maximum atomic E-state index is 14.0. The van der Waals surface area contributed by atoms with Crippen LogP contribution in [0.5, 0.6) is 0 Å². The van der Waals surface area contributed by atoms with Crippen LogP contribution >= 0.6 is 15.9 Å². The summed E-state index contributed by atoms with van der Waals surface area (Å²) < 4.78 is 29.6. The largest absolute Gasteiger partial charge is 0.354 e. The lowest BCUT2D eigenvalue weighted by molar-refractivity contribution is -0.139. The Balaban J connectivity index is 1.99. The molecule has 7 nitrogen and oxygen atoms in total. The number of rotatable bonds is 13. The molecule has 1 N–H and O–H groups in total. The van der Waals surface area contributed by atoms with Gasteiger partial charge in [-0.2, -0.15) is 0 Å². The molecule has 208 valence electrons. The molecule has 1 atom stereocenters. The summed E-state index contributed by atoms with van der Waals surface area (Å²) in [6.45, 7) is 6.04. The van der Waals surface area contributed by atoms with Crippen molar-refractivity contribution < 1.29 is 18.0 Å². The Morgan fingerprint density at radius 1 is 0.923 bits per heavy atom. The van der Waals surface area contributed by atoms with E-state index in [0.29, 0.717) is 25.1 Å². The Kier molecular flexibility index (Phi) is 11.1. The third kappa shape index (κ3) is 8.16. The van der Waals surface area contributed by atoms with Gasteiger partial charge in [-0.3, -0.25) is 13.9 Å². The lowest BCUT2D eigenvalue weighted by atomic mass is 10.1. The number of amides is 2. The van der Waals surface area contributed by atoms with Crippen LogP contribution in [0.3, 0.4) is 0 Å². The van der Waals surface area contributed by atoms with Crippen LogP contribution in [0.1, 0.15) is 37.8 Å². The van der Waals surface area contributed by atoms with Gasteiger partial charge in [-0.1, -0.05) is 77.8 Å². The molecule has 0 aliphatic heterocycles. The van der Waals surface area contributed by atoms with Crippen molar-refractivity contribution in [3.8, 4) is 0 Å². The molecule has 0 aliphatic rings. The Morgan fingerprint density at radius 2 is 1.56 bits per heavy atom. The number of hydrogen-bond donors (Lipinski definition) is 1. The number of anilines is 1. The highest BCUT2D eigenvalue weighted by atomic mass is 79.9. The zero-order valence-corrected chi connectivity index (χ0v) is 25.0. The van der Waals surface area contributed by atoms with Gasteiger partial charge >= 0.3 is 0 Å². The second-order valence-corrected chi connectivity index (χ2v) is 12.1. The molecule has 0 saturated carbocycles. The number of carbonyl (C=O) groups excluding carboxylic acids is 2. The predicted molar refractivity (Wildman–Crippen MR) is 159 cm³/mol. The monoisotopic (exact) mass is 613 g/mol. The quantitative estimate of drug-likeness (QED) is 0.282. The van der Waals surface area contributed by atoms with Crippen LogP contribution in [-0.4, -0.2) is 50.8 Å². The van der Waals surface area contributed by atoms with Crippen molar-refractivity contribution in [2.24, 2.45) is 0 Å². The average Bonchev–Trinajstić information content (AvgIpc) is 2.93. The van der Waals surface area contributed by atoms with Gasteiger partial charge in [0.15, 0.2) is 0 Å². The molecule has 0 fully saturated rings. The van der Waals surface area contributed by atoms with Gasteiger partial charge in [0.05, 0.1) is 10.6 Å². The fourth-order valence-corrected chi connectivity index (χ4v) is 5.91. The first-order valence-electron chi connectivity index (χ1n) is 13.1. The van der Waals surface area contributed by atoms with Crippen molar-refractivity contribution in [3.05, 3.63) is 94.5 Å². The molecular weight excluding hydrogens is 578 g/mol. The molecule has 0 saturated heterocycles. The van der Waals surface area contributed by atoms with Crippen LogP contribution in [0.2, 0.25) is 0 Å². The second-order valence-electron chi connectivity index (χ2n) is 9.34. The van der Waals surface area contributed by atoms with Gasteiger partial charge < -0.3 is 10.2 Å². The van der Waals surface area contributed by atoms with Crippen molar-refractivity contribution in [2.75, 3.05) is 23.9 Å². The van der Waals surface area contributed by atoms with Gasteiger partial charge in [0.25, 0.3) is 10.0 Å². The fourth-order valence-electron chi connectivity index (χ4n) is 4.24. The van der Waals surface area contributed by atoms with Crippen molar-refractivity contribution in [2.45, 2.75) is 51.0 Å². The highest BCUT2D eigenvalue weighted by Gasteiger charge is 2.33. The molecule has 0 aliphatic carbocycles. The number of halogens is 1. The fraction of sp³-hybridized carbons (Fsp3) is 0.333. The van der Waals surface area contributed by atoms with Gasteiger partial charge in [-0.05, 0) is 68.1 Å². The molecular formula is C30H36BrN3O4S. The first-order valence-corrected chi connectivity index (χ1v) is 15.4. The number of carbonyl (C=O) groups is 2. The summed E-state index contributed by atoms with van der Waals surface area (Å²) in [6.07, 6.45) is 1.71. The zero-order chi connectivity index (χ0) is 28.4. The molecule has 3 aromatic carbocycles. The summed E-state index contributed by atoms with van der Waals surface area (Å²) in [6, 6.07) is 22.3. The molecule has 0 bridgehead atoms. The molecule has 0 spiro atoms. The van der Waals surface area contributed by atoms with E-state index in [0.717, 1.165) is 26.3 Å². The Morgan fingerprint density at radius 3 is 2.15 bits per heavy atom. The first kappa shape index (κ1) is 30.4. The molecule has 3 rings (SSSR count). The molecule has 3 aromatic rings. The number of aryl methyl sites for hydroxylation is 1. The maximum absolute atomic E-state index is 14.0. The number of nitrogens with one attached hydrogen (secondary N) is 1. The summed E-state index contributed by atoms with van der Waals surface area (Å²) in [5, 5.41) is 2.90. The van der Waals surface area contributed by atoms with E-state index in [1.165, 1.54) is 4.90 Å². The lowest BCUT2D eigenvalue weighted by Gasteiger charge is -2.33. The minimum Gasteiger partial charge on any atom is -0.354 e. The Bertz CT molecular complexity index is 1330. The summed E-state index contributed by atoms with van der Waals surface area (Å²) in [5.74, 6) is -0.680. The number of hydrogen-bond acceptors (Lipinski definition) is 4. The highest BCUT2D eigenvalue weighted by molar-refractivity contribution is 9.10. The lowest BCUT2D eigenvalue weighted by Crippen LogP contribution is -2.53.